The SMILES string of the molecule is CCCNC(CC)Cc1ncc(Cl)cn1. The zero-order valence-corrected chi connectivity index (χ0v) is 10.1. The van der Waals surface area contributed by atoms with Gasteiger partial charge in [-0.3, -0.25) is 0 Å². The Balaban J connectivity index is 2.47. The van der Waals surface area contributed by atoms with Gasteiger partial charge in [-0.1, -0.05) is 25.4 Å². The normalized spacial score (nSPS) is 12.7. The highest BCUT2D eigenvalue weighted by molar-refractivity contribution is 6.30. The zero-order valence-electron chi connectivity index (χ0n) is 9.33. The van der Waals surface area contributed by atoms with Gasteiger partial charge in [0.1, 0.15) is 5.82 Å². The number of rotatable bonds is 6. The van der Waals surface area contributed by atoms with Crippen molar-refractivity contribution in [3.8, 4) is 0 Å². The second-order valence-corrected chi connectivity index (χ2v) is 4.02. The minimum Gasteiger partial charge on any atom is -0.314 e. The Morgan fingerprint density at radius 3 is 2.53 bits per heavy atom. The lowest BCUT2D eigenvalue weighted by molar-refractivity contribution is 0.485. The minimum absolute atomic E-state index is 0.464. The van der Waals surface area contributed by atoms with Crippen molar-refractivity contribution < 1.29 is 0 Å². The molecule has 1 rings (SSSR count). The summed E-state index contributed by atoms with van der Waals surface area (Å²) in [5.74, 6) is 0.856. The summed E-state index contributed by atoms with van der Waals surface area (Å²) in [4.78, 5) is 8.38. The summed E-state index contributed by atoms with van der Waals surface area (Å²) in [7, 11) is 0. The molecule has 1 unspecified atom stereocenters. The molecule has 0 radical (unpaired) electrons. The van der Waals surface area contributed by atoms with Crippen molar-refractivity contribution in [2.45, 2.75) is 39.2 Å². The quantitative estimate of drug-likeness (QED) is 0.811. The van der Waals surface area contributed by atoms with E-state index in [1.54, 1.807) is 12.4 Å². The fourth-order valence-electron chi connectivity index (χ4n) is 1.37. The van der Waals surface area contributed by atoms with E-state index in [9.17, 15) is 0 Å². The van der Waals surface area contributed by atoms with Gasteiger partial charge >= 0.3 is 0 Å². The fraction of sp³-hybridized carbons (Fsp3) is 0.636. The summed E-state index contributed by atoms with van der Waals surface area (Å²) in [5, 5.41) is 4.06. The number of halogens is 1. The Labute approximate surface area is 96.3 Å². The third-order valence-corrected chi connectivity index (χ3v) is 2.47. The van der Waals surface area contributed by atoms with Gasteiger partial charge in [-0.05, 0) is 19.4 Å². The highest BCUT2D eigenvalue weighted by atomic mass is 35.5. The minimum atomic E-state index is 0.464. The number of nitrogens with zero attached hydrogens (tertiary/aromatic N) is 2. The summed E-state index contributed by atoms with van der Waals surface area (Å²) >= 11 is 5.73. The van der Waals surface area contributed by atoms with Crippen molar-refractivity contribution in [3.05, 3.63) is 23.2 Å². The van der Waals surface area contributed by atoms with Crippen LogP contribution in [-0.4, -0.2) is 22.6 Å². The van der Waals surface area contributed by atoms with Gasteiger partial charge in [-0.2, -0.15) is 0 Å². The predicted molar refractivity (Wildman–Crippen MR) is 63.1 cm³/mol. The first kappa shape index (κ1) is 12.4. The smallest absolute Gasteiger partial charge is 0.129 e. The van der Waals surface area contributed by atoms with Crippen LogP contribution in [0.4, 0.5) is 0 Å². The van der Waals surface area contributed by atoms with E-state index >= 15 is 0 Å². The van der Waals surface area contributed by atoms with Crippen molar-refractivity contribution in [3.63, 3.8) is 0 Å². The molecule has 0 saturated carbocycles. The fourth-order valence-corrected chi connectivity index (χ4v) is 1.47. The average Bonchev–Trinajstić information content (AvgIpc) is 2.27. The first-order valence-corrected chi connectivity index (χ1v) is 5.83. The van der Waals surface area contributed by atoms with Crippen LogP contribution in [0.25, 0.3) is 0 Å². The van der Waals surface area contributed by atoms with Crippen LogP contribution in [0.3, 0.4) is 0 Å². The van der Waals surface area contributed by atoms with Crippen LogP contribution in [0.1, 0.15) is 32.5 Å². The Morgan fingerprint density at radius 1 is 1.33 bits per heavy atom. The molecule has 1 atom stereocenters. The van der Waals surface area contributed by atoms with Crippen molar-refractivity contribution in [2.75, 3.05) is 6.54 Å². The van der Waals surface area contributed by atoms with Crippen LogP contribution in [0.5, 0.6) is 0 Å². The lowest BCUT2D eigenvalue weighted by Gasteiger charge is -2.15. The lowest BCUT2D eigenvalue weighted by atomic mass is 10.1. The second-order valence-electron chi connectivity index (χ2n) is 3.58. The van der Waals surface area contributed by atoms with Gasteiger partial charge in [0.25, 0.3) is 0 Å². The number of hydrogen-bond donors (Lipinski definition) is 1. The topological polar surface area (TPSA) is 37.8 Å². The van der Waals surface area contributed by atoms with E-state index in [2.05, 4.69) is 29.1 Å². The summed E-state index contributed by atoms with van der Waals surface area (Å²) < 4.78 is 0. The predicted octanol–water partition coefficient (Wildman–Crippen LogP) is 2.45. The summed E-state index contributed by atoms with van der Waals surface area (Å²) in [5.41, 5.74) is 0. The number of hydrogen-bond acceptors (Lipinski definition) is 3. The van der Waals surface area contributed by atoms with E-state index < -0.39 is 0 Å². The molecular weight excluding hydrogens is 210 g/mol. The Hall–Kier alpha value is -0.670. The van der Waals surface area contributed by atoms with Crippen molar-refractivity contribution in [1.82, 2.24) is 15.3 Å². The van der Waals surface area contributed by atoms with Gasteiger partial charge in [0.15, 0.2) is 0 Å². The van der Waals surface area contributed by atoms with Crippen LogP contribution in [0.15, 0.2) is 12.4 Å². The molecule has 0 saturated heterocycles. The van der Waals surface area contributed by atoms with Gasteiger partial charge in [-0.25, -0.2) is 9.97 Å². The standard InChI is InChI=1S/C11H18ClN3/c1-3-5-13-10(4-2)6-11-14-7-9(12)8-15-11/h7-8,10,13H,3-6H2,1-2H3. The van der Waals surface area contributed by atoms with Gasteiger partial charge in [0, 0.05) is 24.9 Å². The largest absolute Gasteiger partial charge is 0.314 e. The molecule has 0 fully saturated rings. The van der Waals surface area contributed by atoms with Crippen LogP contribution in [0.2, 0.25) is 5.02 Å². The Bertz CT molecular complexity index is 274. The van der Waals surface area contributed by atoms with E-state index in [0.29, 0.717) is 11.1 Å². The second kappa shape index (κ2) is 6.75. The molecule has 15 heavy (non-hydrogen) atoms. The molecule has 1 N–H and O–H groups in total. The molecule has 0 spiro atoms. The molecule has 0 amide bonds. The molecule has 1 aromatic heterocycles. The Morgan fingerprint density at radius 2 is 2.00 bits per heavy atom. The third kappa shape index (κ3) is 4.58. The zero-order chi connectivity index (χ0) is 11.1. The Kier molecular flexibility index (Phi) is 5.58. The van der Waals surface area contributed by atoms with E-state index in [0.717, 1.165) is 31.6 Å². The van der Waals surface area contributed by atoms with Crippen LogP contribution in [-0.2, 0) is 6.42 Å². The van der Waals surface area contributed by atoms with Gasteiger partial charge in [0.2, 0.25) is 0 Å². The number of nitrogens with one attached hydrogen (secondary N) is 1. The molecule has 0 bridgehead atoms. The maximum atomic E-state index is 5.73. The molecule has 3 nitrogen and oxygen atoms in total. The van der Waals surface area contributed by atoms with Gasteiger partial charge in [0.05, 0.1) is 5.02 Å². The molecule has 1 aromatic rings. The summed E-state index contributed by atoms with van der Waals surface area (Å²) in [6.45, 7) is 5.38. The van der Waals surface area contributed by atoms with E-state index in [1.165, 1.54) is 0 Å². The molecule has 0 aromatic carbocycles. The molecule has 4 heteroatoms. The highest BCUT2D eigenvalue weighted by Gasteiger charge is 2.07. The van der Waals surface area contributed by atoms with E-state index in [-0.39, 0.29) is 0 Å². The molecule has 84 valence electrons. The summed E-state index contributed by atoms with van der Waals surface area (Å²) in [6.07, 6.45) is 6.41. The first-order chi connectivity index (χ1) is 7.26. The molecule has 0 aliphatic heterocycles. The maximum absolute atomic E-state index is 5.73. The van der Waals surface area contributed by atoms with Crippen LogP contribution in [0, 0.1) is 0 Å². The highest BCUT2D eigenvalue weighted by Crippen LogP contribution is 2.05. The average molecular weight is 228 g/mol. The van der Waals surface area contributed by atoms with Crippen molar-refractivity contribution in [1.29, 1.82) is 0 Å². The van der Waals surface area contributed by atoms with Crippen LogP contribution < -0.4 is 5.32 Å². The lowest BCUT2D eigenvalue weighted by Crippen LogP contribution is -2.31. The summed E-state index contributed by atoms with van der Waals surface area (Å²) in [6, 6.07) is 0.464. The van der Waals surface area contributed by atoms with Crippen LogP contribution >= 0.6 is 11.6 Å². The third-order valence-electron chi connectivity index (χ3n) is 2.28. The van der Waals surface area contributed by atoms with Crippen molar-refractivity contribution >= 4 is 11.6 Å². The monoisotopic (exact) mass is 227 g/mol. The molecule has 0 aliphatic carbocycles. The molecule has 0 aliphatic rings. The number of aromatic nitrogens is 2. The maximum Gasteiger partial charge on any atom is 0.129 e. The van der Waals surface area contributed by atoms with Gasteiger partial charge in [-0.15, -0.1) is 0 Å². The van der Waals surface area contributed by atoms with E-state index in [1.807, 2.05) is 0 Å². The van der Waals surface area contributed by atoms with E-state index in [4.69, 9.17) is 11.6 Å². The first-order valence-electron chi connectivity index (χ1n) is 5.46. The van der Waals surface area contributed by atoms with Gasteiger partial charge < -0.3 is 5.32 Å². The molecule has 1 heterocycles. The molecular formula is C11H18ClN3. The van der Waals surface area contributed by atoms with Crippen molar-refractivity contribution in [2.24, 2.45) is 0 Å².